The third-order valence-corrected chi connectivity index (χ3v) is 12.6. The lowest BCUT2D eigenvalue weighted by Crippen LogP contribution is -2.53. The number of hydrogen-bond acceptors (Lipinski definition) is 5. The van der Waals surface area contributed by atoms with Gasteiger partial charge in [0.25, 0.3) is 0 Å². The molecule has 0 aromatic rings. The van der Waals surface area contributed by atoms with Crippen LogP contribution in [-0.2, 0) is 4.79 Å². The molecule has 356 valence electrons. The highest BCUT2D eigenvalue weighted by Crippen LogP contribution is 2.17. The van der Waals surface area contributed by atoms with Gasteiger partial charge >= 0.3 is 0 Å². The maximum Gasteiger partial charge on any atom is 0.249 e. The van der Waals surface area contributed by atoms with Gasteiger partial charge in [-0.15, -0.1) is 0 Å². The maximum absolute atomic E-state index is 12.6. The first-order valence-electron chi connectivity index (χ1n) is 26.7. The molecule has 0 heterocycles. The molecule has 0 aliphatic rings. The van der Waals surface area contributed by atoms with E-state index in [1.807, 2.05) is 0 Å². The van der Waals surface area contributed by atoms with Gasteiger partial charge in [-0.05, 0) is 64.2 Å². The molecule has 0 spiro atoms. The number of unbranched alkanes of at least 4 members (excludes halogenated alkanes) is 36. The fourth-order valence-corrected chi connectivity index (χ4v) is 8.40. The highest BCUT2D eigenvalue weighted by Gasteiger charge is 2.28. The van der Waals surface area contributed by atoms with Crippen LogP contribution in [0.5, 0.6) is 0 Å². The summed E-state index contributed by atoms with van der Waals surface area (Å²) in [6.45, 7) is 4.06. The molecule has 0 aromatic heterocycles. The van der Waals surface area contributed by atoms with Gasteiger partial charge in [0.1, 0.15) is 12.2 Å². The van der Waals surface area contributed by atoms with E-state index in [-0.39, 0.29) is 0 Å². The molecule has 0 aromatic carbocycles. The van der Waals surface area contributed by atoms with Crippen molar-refractivity contribution in [1.82, 2.24) is 5.32 Å². The van der Waals surface area contributed by atoms with Crippen LogP contribution in [0.25, 0.3) is 0 Å². The minimum atomic E-state index is -1.28. The summed E-state index contributed by atoms with van der Waals surface area (Å²) in [5.74, 6) is -0.590. The lowest BCUT2D eigenvalue weighted by atomic mass is 10.00. The fourth-order valence-electron chi connectivity index (χ4n) is 8.40. The smallest absolute Gasteiger partial charge is 0.249 e. The third kappa shape index (κ3) is 42.1. The second-order valence-corrected chi connectivity index (χ2v) is 18.6. The quantitative estimate of drug-likeness (QED) is 0.0309. The lowest BCUT2D eigenvalue weighted by molar-refractivity contribution is -0.132. The highest BCUT2D eigenvalue weighted by atomic mass is 16.3. The molecule has 60 heavy (non-hydrogen) atoms. The predicted molar refractivity (Wildman–Crippen MR) is 261 cm³/mol. The van der Waals surface area contributed by atoms with Crippen LogP contribution >= 0.6 is 0 Å². The Bertz CT molecular complexity index is 909. The van der Waals surface area contributed by atoms with E-state index in [2.05, 4.69) is 43.5 Å². The van der Waals surface area contributed by atoms with Crippen molar-refractivity contribution in [3.8, 4) is 0 Å². The normalized spacial score (nSPS) is 14.0. The van der Waals surface area contributed by atoms with Crippen molar-refractivity contribution < 1.29 is 25.2 Å². The first-order chi connectivity index (χ1) is 29.5. The van der Waals surface area contributed by atoms with E-state index in [1.165, 1.54) is 218 Å². The zero-order valence-corrected chi connectivity index (χ0v) is 40.2. The third-order valence-electron chi connectivity index (χ3n) is 12.6. The number of allylic oxidation sites excluding steroid dienone is 4. The van der Waals surface area contributed by atoms with Gasteiger partial charge in [0.2, 0.25) is 5.91 Å². The van der Waals surface area contributed by atoms with Gasteiger partial charge in [0.05, 0.1) is 18.8 Å². The molecule has 1 amide bonds. The molecule has 4 unspecified atom stereocenters. The Morgan fingerprint density at radius 1 is 0.400 bits per heavy atom. The largest absolute Gasteiger partial charge is 0.394 e. The Morgan fingerprint density at radius 2 is 0.683 bits per heavy atom. The van der Waals surface area contributed by atoms with Crippen molar-refractivity contribution in [3.05, 3.63) is 24.3 Å². The fraction of sp³-hybridized carbons (Fsp3) is 0.907. The van der Waals surface area contributed by atoms with Crippen molar-refractivity contribution in [2.24, 2.45) is 0 Å². The average Bonchev–Trinajstić information content (AvgIpc) is 3.25. The second-order valence-electron chi connectivity index (χ2n) is 18.6. The number of carbonyl (C=O) groups is 1. The zero-order chi connectivity index (χ0) is 43.8. The molecule has 0 saturated heterocycles. The summed E-state index contributed by atoms with van der Waals surface area (Å²) in [6.07, 6.45) is 58.2. The highest BCUT2D eigenvalue weighted by molar-refractivity contribution is 5.80. The molecule has 4 atom stereocenters. The number of rotatable bonds is 49. The summed E-state index contributed by atoms with van der Waals surface area (Å²) >= 11 is 0. The second kappa shape index (κ2) is 48.8. The minimum Gasteiger partial charge on any atom is -0.394 e. The molecular formula is C54H105NO5. The van der Waals surface area contributed by atoms with E-state index >= 15 is 0 Å². The number of carbonyl (C=O) groups excluding carboxylic acids is 1. The van der Waals surface area contributed by atoms with Crippen molar-refractivity contribution >= 4 is 5.91 Å². The molecule has 0 radical (unpaired) electrons. The van der Waals surface area contributed by atoms with Crippen molar-refractivity contribution in [1.29, 1.82) is 0 Å². The van der Waals surface area contributed by atoms with E-state index in [1.54, 1.807) is 0 Å². The van der Waals surface area contributed by atoms with E-state index in [4.69, 9.17) is 0 Å². The summed E-state index contributed by atoms with van der Waals surface area (Å²) in [7, 11) is 0. The van der Waals surface area contributed by atoms with Crippen LogP contribution in [0.2, 0.25) is 0 Å². The van der Waals surface area contributed by atoms with Crippen LogP contribution in [0.1, 0.15) is 284 Å². The molecular weight excluding hydrogens is 743 g/mol. The Balaban J connectivity index is 3.60. The number of aliphatic hydroxyl groups excluding tert-OH is 4. The summed E-state index contributed by atoms with van der Waals surface area (Å²) in [6, 6.07) is -1.000. The molecule has 0 bridgehead atoms. The van der Waals surface area contributed by atoms with Crippen LogP contribution in [0, 0.1) is 0 Å². The van der Waals surface area contributed by atoms with Gasteiger partial charge in [-0.25, -0.2) is 0 Å². The van der Waals surface area contributed by atoms with Gasteiger partial charge in [0.15, 0.2) is 0 Å². The number of nitrogens with one attached hydrogen (secondary N) is 1. The Hall–Kier alpha value is -1.21. The van der Waals surface area contributed by atoms with Crippen LogP contribution in [-0.4, -0.2) is 57.3 Å². The monoisotopic (exact) mass is 848 g/mol. The topological polar surface area (TPSA) is 110 Å². The van der Waals surface area contributed by atoms with Crippen molar-refractivity contribution in [2.45, 2.75) is 308 Å². The van der Waals surface area contributed by atoms with E-state index in [0.29, 0.717) is 12.8 Å². The molecule has 6 heteroatoms. The number of hydrogen-bond donors (Lipinski definition) is 5. The lowest BCUT2D eigenvalue weighted by Gasteiger charge is -2.27. The molecule has 0 aliphatic heterocycles. The Kier molecular flexibility index (Phi) is 47.8. The van der Waals surface area contributed by atoms with Crippen molar-refractivity contribution in [2.75, 3.05) is 6.61 Å². The van der Waals surface area contributed by atoms with Crippen LogP contribution in [0.3, 0.4) is 0 Å². The number of aliphatic hydroxyl groups is 4. The van der Waals surface area contributed by atoms with Crippen LogP contribution in [0.4, 0.5) is 0 Å². The molecule has 0 aliphatic carbocycles. The van der Waals surface area contributed by atoms with Crippen molar-refractivity contribution in [3.63, 3.8) is 0 Å². The van der Waals surface area contributed by atoms with Gasteiger partial charge in [-0.3, -0.25) is 4.79 Å². The average molecular weight is 848 g/mol. The predicted octanol–water partition coefficient (Wildman–Crippen LogP) is 15.1. The standard InChI is InChI=1S/C54H105NO5/c1-3-5-7-9-11-13-15-17-19-20-21-22-23-24-25-26-27-28-29-30-31-32-33-34-36-38-40-42-44-46-48-52(58)54(60)55-50(49-56)53(59)51(57)47-45-43-41-39-37-35-18-16-14-12-10-8-6-4-2/h24-25,39,41,50-53,56-59H,3-23,26-38,40,42-49H2,1-2H3,(H,55,60)/b25-24-,41-39+. The number of amides is 1. The van der Waals surface area contributed by atoms with Gasteiger partial charge in [-0.1, -0.05) is 244 Å². The summed E-state index contributed by atoms with van der Waals surface area (Å²) < 4.78 is 0. The van der Waals surface area contributed by atoms with E-state index < -0.39 is 36.9 Å². The Morgan fingerprint density at radius 3 is 1.00 bits per heavy atom. The van der Waals surface area contributed by atoms with Gasteiger partial charge in [0, 0.05) is 0 Å². The van der Waals surface area contributed by atoms with Gasteiger partial charge in [-0.2, -0.15) is 0 Å². The van der Waals surface area contributed by atoms with E-state index in [0.717, 1.165) is 38.5 Å². The molecule has 0 rings (SSSR count). The molecule has 6 nitrogen and oxygen atoms in total. The zero-order valence-electron chi connectivity index (χ0n) is 40.2. The van der Waals surface area contributed by atoms with E-state index in [9.17, 15) is 25.2 Å². The first-order valence-corrected chi connectivity index (χ1v) is 26.7. The molecule has 5 N–H and O–H groups in total. The minimum absolute atomic E-state index is 0.365. The first kappa shape index (κ1) is 58.8. The molecule has 0 saturated carbocycles. The van der Waals surface area contributed by atoms with Gasteiger partial charge < -0.3 is 25.7 Å². The summed E-state index contributed by atoms with van der Waals surface area (Å²) in [5.41, 5.74) is 0. The van der Waals surface area contributed by atoms with Crippen LogP contribution in [0.15, 0.2) is 24.3 Å². The summed E-state index contributed by atoms with van der Waals surface area (Å²) in [4.78, 5) is 12.6. The SMILES string of the molecule is CCCCCCCCCCC/C=C/CCCC(O)C(O)C(CO)NC(=O)C(O)CCCCCCCCCCCCCCCC/C=C\CCCCCCCCCCCCCC. The maximum atomic E-state index is 12.6. The van der Waals surface area contributed by atoms with Crippen LogP contribution < -0.4 is 5.32 Å². The Labute approximate surface area is 374 Å². The molecule has 0 fully saturated rings. The summed E-state index contributed by atoms with van der Waals surface area (Å²) in [5, 5.41) is 43.8.